The molecule has 6 rings (SSSR count). The Bertz CT molecular complexity index is 1190. The van der Waals surface area contributed by atoms with Crippen molar-refractivity contribution >= 4 is 23.9 Å². The third-order valence-electron chi connectivity index (χ3n) is 12.4. The molecule has 2 heterocycles. The number of aliphatic hydroxyl groups is 1. The van der Waals surface area contributed by atoms with Crippen molar-refractivity contribution in [3.8, 4) is 0 Å². The zero-order chi connectivity index (χ0) is 30.6. The Labute approximate surface area is 253 Å². The summed E-state index contributed by atoms with van der Waals surface area (Å²) in [7, 11) is 0. The van der Waals surface area contributed by atoms with Crippen LogP contribution in [0.1, 0.15) is 72.1 Å². The second-order valence-electron chi connectivity index (χ2n) is 14.5. The lowest BCUT2D eigenvalue weighted by molar-refractivity contribution is -0.204. The van der Waals surface area contributed by atoms with Gasteiger partial charge in [0.1, 0.15) is 12.7 Å². The summed E-state index contributed by atoms with van der Waals surface area (Å²) in [5.41, 5.74) is -0.638. The molecule has 0 radical (unpaired) electrons. The van der Waals surface area contributed by atoms with E-state index in [0.29, 0.717) is 44.4 Å². The number of piperazine rings is 1. The third kappa shape index (κ3) is 5.34. The van der Waals surface area contributed by atoms with E-state index in [2.05, 4.69) is 29.8 Å². The van der Waals surface area contributed by atoms with E-state index in [1.807, 2.05) is 4.90 Å². The topological polar surface area (TPSA) is 146 Å². The van der Waals surface area contributed by atoms with Crippen LogP contribution in [0.15, 0.2) is 11.6 Å². The Kier molecular flexibility index (Phi) is 8.03. The van der Waals surface area contributed by atoms with Gasteiger partial charge in [0, 0.05) is 63.0 Å². The summed E-state index contributed by atoms with van der Waals surface area (Å²) in [5.74, 6) is -0.0749. The zero-order valence-corrected chi connectivity index (χ0v) is 25.8. The van der Waals surface area contributed by atoms with Crippen molar-refractivity contribution in [2.75, 3.05) is 39.3 Å². The average molecular weight is 601 g/mol. The largest absolute Gasteiger partial charge is 0.462 e. The van der Waals surface area contributed by atoms with Crippen molar-refractivity contribution in [3.05, 3.63) is 11.6 Å². The molecule has 1 saturated heterocycles. The average Bonchev–Trinajstić information content (AvgIpc) is 3.45. The smallest absolute Gasteiger partial charge is 0.331 e. The number of urea groups is 1. The number of hydrogen-bond donors (Lipinski definition) is 4. The number of cyclic esters (lactones) is 1. The maximum Gasteiger partial charge on any atom is 0.331 e. The molecule has 5 fully saturated rings. The first-order valence-electron chi connectivity index (χ1n) is 16.2. The Morgan fingerprint density at radius 2 is 1.98 bits per heavy atom. The van der Waals surface area contributed by atoms with Crippen molar-refractivity contribution < 1.29 is 33.8 Å². The lowest BCUT2D eigenvalue weighted by atomic mass is 9.43. The van der Waals surface area contributed by atoms with E-state index in [-0.39, 0.29) is 53.8 Å². The van der Waals surface area contributed by atoms with Gasteiger partial charge >= 0.3 is 18.0 Å². The molecule has 4 aliphatic carbocycles. The molecule has 0 bridgehead atoms. The monoisotopic (exact) mass is 600 g/mol. The van der Waals surface area contributed by atoms with E-state index in [9.17, 15) is 24.3 Å². The van der Waals surface area contributed by atoms with Crippen LogP contribution < -0.4 is 16.0 Å². The molecule has 0 spiro atoms. The molecule has 9 atom stereocenters. The Morgan fingerprint density at radius 3 is 2.70 bits per heavy atom. The Morgan fingerprint density at radius 1 is 1.16 bits per heavy atom. The second-order valence-corrected chi connectivity index (χ2v) is 14.5. The maximum atomic E-state index is 12.7. The summed E-state index contributed by atoms with van der Waals surface area (Å²) in [6.45, 7) is 9.10. The number of carbonyl (C=O) groups excluding carboxylic acids is 4. The summed E-state index contributed by atoms with van der Waals surface area (Å²) < 4.78 is 11.1. The summed E-state index contributed by atoms with van der Waals surface area (Å²) in [5, 5.41) is 21.7. The van der Waals surface area contributed by atoms with E-state index >= 15 is 0 Å². The maximum absolute atomic E-state index is 12.7. The number of nitrogens with zero attached hydrogens (tertiary/aromatic N) is 1. The lowest BCUT2D eigenvalue weighted by Gasteiger charge is -2.63. The van der Waals surface area contributed by atoms with Gasteiger partial charge in [-0.3, -0.25) is 14.5 Å². The Balaban J connectivity index is 1.10. The molecule has 4 saturated carbocycles. The van der Waals surface area contributed by atoms with Gasteiger partial charge in [0.15, 0.2) is 0 Å². The number of carbonyl (C=O) groups is 4. The third-order valence-corrected chi connectivity index (χ3v) is 12.4. The molecule has 0 aromatic carbocycles. The normalized spacial score (nSPS) is 42.5. The van der Waals surface area contributed by atoms with Crippen LogP contribution in [0.5, 0.6) is 0 Å². The first kappa shape index (κ1) is 30.4. The van der Waals surface area contributed by atoms with Crippen LogP contribution in [0.25, 0.3) is 0 Å². The van der Waals surface area contributed by atoms with Crippen LogP contribution in [0.2, 0.25) is 0 Å². The minimum Gasteiger partial charge on any atom is -0.462 e. The molecule has 0 aromatic heterocycles. The predicted octanol–water partition coefficient (Wildman–Crippen LogP) is 1.88. The number of nitrogens with one attached hydrogen (secondary N) is 3. The van der Waals surface area contributed by atoms with Gasteiger partial charge in [-0.2, -0.15) is 0 Å². The standard InChI is InChI=1S/C32H48N4O7/c1-19(37)43-25-16-32(41)24-5-4-21-15-22(35-29(40)34-11-13-36-12-10-33-26(38)17-36)6-8-30(21,2)23(24)7-9-31(32,3)28(25)20-14-27(39)42-18-20/h14,21-25,28,41H,4-13,15-18H2,1-3H3,(H,33,38)(H2,34,35,40). The van der Waals surface area contributed by atoms with Crippen molar-refractivity contribution in [2.24, 2.45) is 34.5 Å². The van der Waals surface area contributed by atoms with Crippen LogP contribution in [0, 0.1) is 34.5 Å². The molecule has 2 aliphatic heterocycles. The summed E-state index contributed by atoms with van der Waals surface area (Å²) in [6, 6.07) is -0.0351. The van der Waals surface area contributed by atoms with Crippen molar-refractivity contribution in [1.29, 1.82) is 0 Å². The van der Waals surface area contributed by atoms with Crippen molar-refractivity contribution in [2.45, 2.75) is 89.9 Å². The molecule has 43 heavy (non-hydrogen) atoms. The molecule has 11 nitrogen and oxygen atoms in total. The molecule has 0 aromatic rings. The molecule has 238 valence electrons. The fourth-order valence-electron chi connectivity index (χ4n) is 10.4. The molecule has 4 N–H and O–H groups in total. The van der Waals surface area contributed by atoms with E-state index in [4.69, 9.17) is 9.47 Å². The fourth-order valence-corrected chi connectivity index (χ4v) is 10.4. The minimum atomic E-state index is -1.01. The highest BCUT2D eigenvalue weighted by Gasteiger charge is 2.71. The second kappa shape index (κ2) is 11.4. The molecule has 6 aliphatic rings. The number of amides is 3. The number of fused-ring (bicyclic) bond motifs is 5. The minimum absolute atomic E-state index is 0.0274. The van der Waals surface area contributed by atoms with Crippen LogP contribution in [-0.2, 0) is 23.9 Å². The summed E-state index contributed by atoms with van der Waals surface area (Å²) in [6.07, 6.45) is 7.92. The van der Waals surface area contributed by atoms with E-state index in [1.54, 1.807) is 6.08 Å². The van der Waals surface area contributed by atoms with E-state index in [1.165, 1.54) is 6.92 Å². The first-order valence-corrected chi connectivity index (χ1v) is 16.2. The van der Waals surface area contributed by atoms with Gasteiger partial charge in [0.2, 0.25) is 5.91 Å². The predicted molar refractivity (Wildman–Crippen MR) is 156 cm³/mol. The van der Waals surface area contributed by atoms with Gasteiger partial charge < -0.3 is 30.5 Å². The molecule has 3 amide bonds. The first-order chi connectivity index (χ1) is 20.4. The van der Waals surface area contributed by atoms with Crippen LogP contribution in [0.4, 0.5) is 4.79 Å². The highest BCUT2D eigenvalue weighted by atomic mass is 16.5. The van der Waals surface area contributed by atoms with Gasteiger partial charge in [-0.1, -0.05) is 13.8 Å². The molecular weight excluding hydrogens is 552 g/mol. The zero-order valence-electron chi connectivity index (χ0n) is 25.8. The van der Waals surface area contributed by atoms with Crippen LogP contribution in [-0.4, -0.2) is 91.0 Å². The van der Waals surface area contributed by atoms with E-state index in [0.717, 1.165) is 57.1 Å². The molecule has 11 heteroatoms. The molecule has 9 unspecified atom stereocenters. The molecular formula is C32H48N4O7. The van der Waals surface area contributed by atoms with Gasteiger partial charge in [-0.05, 0) is 73.7 Å². The quantitative estimate of drug-likeness (QED) is 0.338. The number of hydrogen-bond acceptors (Lipinski definition) is 8. The Hall–Kier alpha value is -2.66. The van der Waals surface area contributed by atoms with Crippen LogP contribution in [0.3, 0.4) is 0 Å². The highest BCUT2D eigenvalue weighted by molar-refractivity contribution is 5.85. The SMILES string of the molecule is CC(=O)OC1CC2(O)C3CCC4CC(NC(=O)NCCN5CCNC(=O)C5)CCC4(C)C3CCC2(C)C1C1=CC(=O)OC1. The number of ether oxygens (including phenoxy) is 2. The van der Waals surface area contributed by atoms with Crippen LogP contribution >= 0.6 is 0 Å². The fraction of sp³-hybridized carbons (Fsp3) is 0.812. The van der Waals surface area contributed by atoms with Crippen molar-refractivity contribution in [1.82, 2.24) is 20.9 Å². The number of esters is 2. The lowest BCUT2D eigenvalue weighted by Crippen LogP contribution is -2.63. The van der Waals surface area contributed by atoms with E-state index < -0.39 is 17.1 Å². The van der Waals surface area contributed by atoms with Gasteiger partial charge in [-0.25, -0.2) is 9.59 Å². The highest BCUT2D eigenvalue weighted by Crippen LogP contribution is 2.70. The summed E-state index contributed by atoms with van der Waals surface area (Å²) >= 11 is 0. The van der Waals surface area contributed by atoms with Crippen molar-refractivity contribution in [3.63, 3.8) is 0 Å². The van der Waals surface area contributed by atoms with Gasteiger partial charge in [-0.15, -0.1) is 0 Å². The number of rotatable bonds is 6. The van der Waals surface area contributed by atoms with Gasteiger partial charge in [0.05, 0.1) is 12.1 Å². The van der Waals surface area contributed by atoms with Gasteiger partial charge in [0.25, 0.3) is 0 Å². The summed E-state index contributed by atoms with van der Waals surface area (Å²) in [4.78, 5) is 50.5.